The summed E-state index contributed by atoms with van der Waals surface area (Å²) in [5.74, 6) is -1.46. The highest BCUT2D eigenvalue weighted by atomic mass is 35.5. The molecule has 0 aliphatic rings. The quantitative estimate of drug-likeness (QED) is 0.425. The first-order valence-corrected chi connectivity index (χ1v) is 8.15. The third kappa shape index (κ3) is 5.22. The van der Waals surface area contributed by atoms with Gasteiger partial charge in [0.1, 0.15) is 0 Å². The molecule has 3 N–H and O–H groups in total. The Hall–Kier alpha value is -3.06. The number of halogens is 1. The predicted molar refractivity (Wildman–Crippen MR) is 99.8 cm³/mol. The van der Waals surface area contributed by atoms with Crippen LogP contribution in [0.5, 0.6) is 11.5 Å². The van der Waals surface area contributed by atoms with Crippen LogP contribution in [0.4, 0.5) is 5.69 Å². The van der Waals surface area contributed by atoms with E-state index in [0.717, 1.165) is 5.56 Å². The van der Waals surface area contributed by atoms with Gasteiger partial charge < -0.3 is 15.2 Å². The zero-order chi connectivity index (χ0) is 19.1. The Morgan fingerprint density at radius 1 is 1.23 bits per heavy atom. The molecule has 0 saturated carbocycles. The lowest BCUT2D eigenvalue weighted by atomic mass is 10.2. The number of aryl methyl sites for hydroxylation is 1. The van der Waals surface area contributed by atoms with Crippen LogP contribution in [0.1, 0.15) is 18.1 Å². The van der Waals surface area contributed by atoms with Crippen molar-refractivity contribution in [1.29, 1.82) is 0 Å². The standard InChI is InChI=1S/C18H18ClN3O4/c1-3-26-16-9-12(4-7-15(16)23)10-20-22-18(25)17(24)21-14-6-5-13(19)8-11(14)2/h4-10,23H,3H2,1-2H3,(H,21,24)(H,22,25)/b20-10+. The molecule has 0 spiro atoms. The summed E-state index contributed by atoms with van der Waals surface area (Å²) in [5.41, 5.74) is 3.94. The van der Waals surface area contributed by atoms with E-state index >= 15 is 0 Å². The number of phenolic OH excluding ortho intramolecular Hbond substituents is 1. The Morgan fingerprint density at radius 2 is 2.00 bits per heavy atom. The van der Waals surface area contributed by atoms with E-state index in [2.05, 4.69) is 15.8 Å². The van der Waals surface area contributed by atoms with Gasteiger partial charge in [0, 0.05) is 10.7 Å². The van der Waals surface area contributed by atoms with Crippen LogP contribution in [0.2, 0.25) is 5.02 Å². The van der Waals surface area contributed by atoms with Gasteiger partial charge in [-0.3, -0.25) is 9.59 Å². The summed E-state index contributed by atoms with van der Waals surface area (Å²) in [7, 11) is 0. The van der Waals surface area contributed by atoms with Gasteiger partial charge in [-0.1, -0.05) is 11.6 Å². The molecule has 0 bridgehead atoms. The van der Waals surface area contributed by atoms with Gasteiger partial charge in [0.05, 0.1) is 12.8 Å². The number of nitrogens with one attached hydrogen (secondary N) is 2. The maximum atomic E-state index is 11.9. The van der Waals surface area contributed by atoms with E-state index in [1.165, 1.54) is 12.3 Å². The minimum absolute atomic E-state index is 0.00532. The zero-order valence-corrected chi connectivity index (χ0v) is 15.0. The molecule has 2 rings (SSSR count). The van der Waals surface area contributed by atoms with E-state index in [1.807, 2.05) is 0 Å². The van der Waals surface area contributed by atoms with E-state index in [-0.39, 0.29) is 5.75 Å². The molecule has 8 heteroatoms. The fourth-order valence-corrected chi connectivity index (χ4v) is 2.27. The molecule has 0 fully saturated rings. The lowest BCUT2D eigenvalue weighted by Crippen LogP contribution is -2.32. The summed E-state index contributed by atoms with van der Waals surface area (Å²) in [6.07, 6.45) is 1.33. The van der Waals surface area contributed by atoms with E-state index in [1.54, 1.807) is 44.2 Å². The fourth-order valence-electron chi connectivity index (χ4n) is 2.04. The topological polar surface area (TPSA) is 100 Å². The van der Waals surface area contributed by atoms with Crippen LogP contribution in [0.25, 0.3) is 0 Å². The molecule has 136 valence electrons. The van der Waals surface area contributed by atoms with Crippen LogP contribution in [0.3, 0.4) is 0 Å². The number of nitrogens with zero attached hydrogens (tertiary/aromatic N) is 1. The van der Waals surface area contributed by atoms with Gasteiger partial charge in [-0.25, -0.2) is 5.43 Å². The molecular weight excluding hydrogens is 358 g/mol. The van der Waals surface area contributed by atoms with Gasteiger partial charge in [-0.2, -0.15) is 5.10 Å². The number of hydrazone groups is 1. The summed E-state index contributed by atoms with van der Waals surface area (Å²) in [4.78, 5) is 23.7. The van der Waals surface area contributed by atoms with Gasteiger partial charge in [0.15, 0.2) is 11.5 Å². The number of hydrogen-bond donors (Lipinski definition) is 3. The Labute approximate surface area is 155 Å². The maximum Gasteiger partial charge on any atom is 0.329 e. The summed E-state index contributed by atoms with van der Waals surface area (Å²) in [6, 6.07) is 9.49. The number of carbonyl (C=O) groups is 2. The molecule has 0 unspecified atom stereocenters. The second-order valence-electron chi connectivity index (χ2n) is 5.27. The molecule has 7 nitrogen and oxygen atoms in total. The van der Waals surface area contributed by atoms with Crippen molar-refractivity contribution in [3.8, 4) is 11.5 Å². The highest BCUT2D eigenvalue weighted by Crippen LogP contribution is 2.26. The Kier molecular flexibility index (Phi) is 6.57. The molecule has 0 heterocycles. The summed E-state index contributed by atoms with van der Waals surface area (Å²) in [6.45, 7) is 3.95. The largest absolute Gasteiger partial charge is 0.504 e. The molecule has 2 amide bonds. The molecule has 2 aromatic carbocycles. The molecule has 0 atom stereocenters. The molecule has 0 aromatic heterocycles. The van der Waals surface area contributed by atoms with Gasteiger partial charge in [-0.15, -0.1) is 0 Å². The summed E-state index contributed by atoms with van der Waals surface area (Å²) in [5, 5.41) is 16.4. The molecule has 0 saturated heterocycles. The SMILES string of the molecule is CCOc1cc(/C=N/NC(=O)C(=O)Nc2ccc(Cl)cc2C)ccc1O. The first-order chi connectivity index (χ1) is 12.4. The Balaban J connectivity index is 1.96. The van der Waals surface area contributed by atoms with Crippen molar-refractivity contribution in [3.63, 3.8) is 0 Å². The number of phenols is 1. The molecule has 2 aromatic rings. The number of carbonyl (C=O) groups excluding carboxylic acids is 2. The minimum atomic E-state index is -0.917. The average molecular weight is 376 g/mol. The van der Waals surface area contributed by atoms with Crippen LogP contribution >= 0.6 is 11.6 Å². The van der Waals surface area contributed by atoms with E-state index in [9.17, 15) is 14.7 Å². The Bertz CT molecular complexity index is 852. The average Bonchev–Trinajstić information content (AvgIpc) is 2.60. The van der Waals surface area contributed by atoms with Crippen molar-refractivity contribution >= 4 is 35.3 Å². The van der Waals surface area contributed by atoms with Crippen molar-refractivity contribution in [3.05, 3.63) is 52.5 Å². The van der Waals surface area contributed by atoms with E-state index in [4.69, 9.17) is 16.3 Å². The Morgan fingerprint density at radius 3 is 2.69 bits per heavy atom. The first kappa shape index (κ1) is 19.3. The molecular formula is C18H18ClN3O4. The van der Waals surface area contributed by atoms with Gasteiger partial charge in [0.2, 0.25) is 0 Å². The molecule has 26 heavy (non-hydrogen) atoms. The zero-order valence-electron chi connectivity index (χ0n) is 14.2. The summed E-state index contributed by atoms with van der Waals surface area (Å²) < 4.78 is 5.26. The molecule has 0 radical (unpaired) electrons. The summed E-state index contributed by atoms with van der Waals surface area (Å²) >= 11 is 5.85. The number of ether oxygens (including phenoxy) is 1. The molecule has 0 aliphatic carbocycles. The van der Waals surface area contributed by atoms with Crippen molar-refractivity contribution in [2.45, 2.75) is 13.8 Å². The van der Waals surface area contributed by atoms with Gasteiger partial charge >= 0.3 is 11.8 Å². The minimum Gasteiger partial charge on any atom is -0.504 e. The second-order valence-corrected chi connectivity index (χ2v) is 5.71. The number of hydrogen-bond acceptors (Lipinski definition) is 5. The highest BCUT2D eigenvalue weighted by Gasteiger charge is 2.14. The number of aromatic hydroxyl groups is 1. The van der Waals surface area contributed by atoms with Crippen LogP contribution in [0.15, 0.2) is 41.5 Å². The van der Waals surface area contributed by atoms with Crippen molar-refractivity contribution in [2.24, 2.45) is 5.10 Å². The number of anilines is 1. The van der Waals surface area contributed by atoms with E-state index in [0.29, 0.717) is 28.6 Å². The van der Waals surface area contributed by atoms with Gasteiger partial charge in [0.25, 0.3) is 0 Å². The smallest absolute Gasteiger partial charge is 0.329 e. The number of rotatable bonds is 5. The monoisotopic (exact) mass is 375 g/mol. The van der Waals surface area contributed by atoms with Crippen molar-refractivity contribution in [2.75, 3.05) is 11.9 Å². The lowest BCUT2D eigenvalue weighted by molar-refractivity contribution is -0.136. The van der Waals surface area contributed by atoms with Crippen LogP contribution < -0.4 is 15.5 Å². The van der Waals surface area contributed by atoms with Crippen LogP contribution in [-0.2, 0) is 9.59 Å². The third-order valence-corrected chi connectivity index (χ3v) is 3.54. The molecule has 0 aliphatic heterocycles. The second kappa shape index (κ2) is 8.87. The van der Waals surface area contributed by atoms with Crippen LogP contribution in [-0.4, -0.2) is 29.7 Å². The van der Waals surface area contributed by atoms with Crippen LogP contribution in [0, 0.1) is 6.92 Å². The normalized spacial score (nSPS) is 10.6. The fraction of sp³-hybridized carbons (Fsp3) is 0.167. The highest BCUT2D eigenvalue weighted by molar-refractivity contribution is 6.39. The maximum absolute atomic E-state index is 11.9. The third-order valence-electron chi connectivity index (χ3n) is 3.31. The first-order valence-electron chi connectivity index (χ1n) is 7.77. The van der Waals surface area contributed by atoms with E-state index < -0.39 is 11.8 Å². The predicted octanol–water partition coefficient (Wildman–Crippen LogP) is 2.84. The van der Waals surface area contributed by atoms with Gasteiger partial charge in [-0.05, 0) is 61.4 Å². The van der Waals surface area contributed by atoms with Crippen molar-refractivity contribution < 1.29 is 19.4 Å². The lowest BCUT2D eigenvalue weighted by Gasteiger charge is -2.07. The van der Waals surface area contributed by atoms with Crippen molar-refractivity contribution in [1.82, 2.24) is 5.43 Å². The number of amides is 2. The number of benzene rings is 2.